The van der Waals surface area contributed by atoms with Crippen LogP contribution in [-0.4, -0.2) is 89.2 Å². The molecule has 0 aliphatic carbocycles. The Bertz CT molecular complexity index is 1770. The topological polar surface area (TPSA) is 175 Å². The summed E-state index contributed by atoms with van der Waals surface area (Å²) in [5, 5.41) is 31.4. The van der Waals surface area contributed by atoms with Gasteiger partial charge in [-0.05, 0) is 96.3 Å². The number of carboxylic acid groups (broad SMARTS) is 1. The van der Waals surface area contributed by atoms with Crippen molar-refractivity contribution in [3.05, 3.63) is 122 Å². The Morgan fingerprint density at radius 2 is 0.867 bits per heavy atom. The fourth-order valence-electron chi connectivity index (χ4n) is 7.74. The Labute approximate surface area is 452 Å². The van der Waals surface area contributed by atoms with Crippen LogP contribution in [0.2, 0.25) is 0 Å². The summed E-state index contributed by atoms with van der Waals surface area (Å²) in [6.07, 6.45) is 56.2. The van der Waals surface area contributed by atoms with Crippen LogP contribution < -0.4 is 0 Å². The largest absolute Gasteiger partial charge is 0.479 e. The highest BCUT2D eigenvalue weighted by Crippen LogP contribution is 2.26. The minimum absolute atomic E-state index is 0.0441. The van der Waals surface area contributed by atoms with Crippen molar-refractivity contribution in [2.24, 2.45) is 0 Å². The van der Waals surface area contributed by atoms with Gasteiger partial charge in [0.25, 0.3) is 0 Å². The summed E-state index contributed by atoms with van der Waals surface area (Å²) in [5.74, 6) is -3.31. The van der Waals surface area contributed by atoms with Crippen molar-refractivity contribution >= 4 is 23.9 Å². The zero-order valence-electron chi connectivity index (χ0n) is 46.2. The molecule has 0 aromatic heterocycles. The second kappa shape index (κ2) is 50.0. The monoisotopic (exact) mass is 1050 g/mol. The summed E-state index contributed by atoms with van der Waals surface area (Å²) in [6.45, 7) is 5.63. The van der Waals surface area contributed by atoms with Crippen LogP contribution in [0.15, 0.2) is 122 Å². The van der Waals surface area contributed by atoms with Crippen LogP contribution in [0.5, 0.6) is 0 Å². The molecule has 1 aliphatic heterocycles. The number of unbranched alkanes of at least 4 members (excludes halogenated alkanes) is 12. The summed E-state index contributed by atoms with van der Waals surface area (Å²) in [6, 6.07) is 0. The number of aliphatic carboxylic acids is 1. The van der Waals surface area contributed by atoms with Gasteiger partial charge in [0.15, 0.2) is 24.6 Å². The summed E-state index contributed by atoms with van der Waals surface area (Å²) in [7, 11) is 0. The third-order valence-corrected chi connectivity index (χ3v) is 12.0. The quantitative estimate of drug-likeness (QED) is 0.0228. The standard InChI is InChI=1S/C63H98O12/c1-4-7-10-13-16-19-22-24-26-27-28-29-31-32-35-37-40-43-46-49-55(64)71-52-54(73-56(65)50-47-44-41-39-36-33-30-25-23-20-17-14-11-8-5-2)53-72-63-61(59(68)58(67)60(75-63)62(69)70)74-57(66)51-48-45-42-38-34-21-18-15-12-9-6-3/h7-8,10-11,16-17,19-20,24-26,28-30,32,35-36,39-40,43,54,58-61,63,67-68H,4-6,9,12-15,18,21-23,27,31,33-34,37-38,41-42,44-53H2,1-3H3,(H,69,70)/b10-7-,11-8-,19-16-,20-17-,26-24-,29-28-,30-25-,35-32-,39-36-,43-40-. The van der Waals surface area contributed by atoms with Crippen molar-refractivity contribution in [2.45, 2.75) is 237 Å². The first-order valence-corrected chi connectivity index (χ1v) is 28.5. The minimum atomic E-state index is -1.92. The van der Waals surface area contributed by atoms with Gasteiger partial charge in [0, 0.05) is 19.3 Å². The smallest absolute Gasteiger partial charge is 0.335 e. The molecule has 1 rings (SSSR count). The highest BCUT2D eigenvalue weighted by atomic mass is 16.7. The molecule has 6 unspecified atom stereocenters. The number of aliphatic hydroxyl groups is 2. The van der Waals surface area contributed by atoms with Crippen molar-refractivity contribution in [1.82, 2.24) is 0 Å². The average Bonchev–Trinajstić information content (AvgIpc) is 3.39. The minimum Gasteiger partial charge on any atom is -0.479 e. The molecule has 0 aromatic carbocycles. The van der Waals surface area contributed by atoms with Crippen LogP contribution in [-0.2, 0) is 42.9 Å². The van der Waals surface area contributed by atoms with E-state index in [1.54, 1.807) is 0 Å². The lowest BCUT2D eigenvalue weighted by atomic mass is 9.98. The van der Waals surface area contributed by atoms with Crippen molar-refractivity contribution in [3.8, 4) is 0 Å². The molecule has 1 saturated heterocycles. The van der Waals surface area contributed by atoms with Gasteiger partial charge in [0.1, 0.15) is 18.8 Å². The average molecular weight is 1050 g/mol. The lowest BCUT2D eigenvalue weighted by molar-refractivity contribution is -0.301. The van der Waals surface area contributed by atoms with Gasteiger partial charge in [-0.2, -0.15) is 0 Å². The number of ether oxygens (including phenoxy) is 5. The van der Waals surface area contributed by atoms with Gasteiger partial charge in [0.2, 0.25) is 0 Å². The van der Waals surface area contributed by atoms with Gasteiger partial charge in [-0.15, -0.1) is 0 Å². The Kier molecular flexibility index (Phi) is 45.4. The number of esters is 3. The number of rotatable bonds is 46. The zero-order valence-corrected chi connectivity index (χ0v) is 46.2. The molecule has 3 N–H and O–H groups in total. The third kappa shape index (κ3) is 40.1. The number of carbonyl (C=O) groups excluding carboxylic acids is 3. The van der Waals surface area contributed by atoms with Gasteiger partial charge in [-0.25, -0.2) is 4.79 Å². The number of hydrogen-bond donors (Lipinski definition) is 3. The van der Waals surface area contributed by atoms with Crippen LogP contribution in [0, 0.1) is 0 Å². The van der Waals surface area contributed by atoms with Crippen LogP contribution >= 0.6 is 0 Å². The molecule has 422 valence electrons. The van der Waals surface area contributed by atoms with E-state index in [2.05, 4.69) is 130 Å². The predicted octanol–water partition coefficient (Wildman–Crippen LogP) is 14.4. The van der Waals surface area contributed by atoms with Crippen molar-refractivity contribution in [1.29, 1.82) is 0 Å². The Balaban J connectivity index is 2.78. The molecular formula is C63H98O12. The lowest BCUT2D eigenvalue weighted by Gasteiger charge is -2.40. The highest BCUT2D eigenvalue weighted by molar-refractivity contribution is 5.74. The van der Waals surface area contributed by atoms with E-state index in [1.807, 2.05) is 12.2 Å². The molecule has 0 aromatic rings. The van der Waals surface area contributed by atoms with E-state index in [1.165, 1.54) is 38.5 Å². The van der Waals surface area contributed by atoms with Crippen LogP contribution in [0.3, 0.4) is 0 Å². The van der Waals surface area contributed by atoms with Crippen molar-refractivity contribution in [3.63, 3.8) is 0 Å². The van der Waals surface area contributed by atoms with Crippen molar-refractivity contribution in [2.75, 3.05) is 13.2 Å². The van der Waals surface area contributed by atoms with Crippen LogP contribution in [0.1, 0.15) is 201 Å². The molecule has 75 heavy (non-hydrogen) atoms. The van der Waals surface area contributed by atoms with E-state index >= 15 is 0 Å². The van der Waals surface area contributed by atoms with E-state index in [-0.39, 0.29) is 25.9 Å². The molecule has 12 nitrogen and oxygen atoms in total. The van der Waals surface area contributed by atoms with Gasteiger partial charge in [-0.1, -0.05) is 206 Å². The number of aliphatic hydroxyl groups excluding tert-OH is 2. The molecule has 0 radical (unpaired) electrons. The number of carboxylic acids is 1. The van der Waals surface area contributed by atoms with Gasteiger partial charge in [0.05, 0.1) is 6.61 Å². The second-order valence-corrected chi connectivity index (χ2v) is 18.8. The first-order valence-electron chi connectivity index (χ1n) is 28.5. The van der Waals surface area contributed by atoms with E-state index in [9.17, 15) is 34.5 Å². The van der Waals surface area contributed by atoms with Crippen LogP contribution in [0.25, 0.3) is 0 Å². The summed E-state index contributed by atoms with van der Waals surface area (Å²) in [5.41, 5.74) is 0. The first kappa shape index (κ1) is 68.1. The Hall–Kier alpha value is -4.88. The summed E-state index contributed by atoms with van der Waals surface area (Å²) >= 11 is 0. The molecule has 6 atom stereocenters. The normalized spacial score (nSPS) is 19.1. The molecule has 0 saturated carbocycles. The maximum Gasteiger partial charge on any atom is 0.335 e. The van der Waals surface area contributed by atoms with Crippen LogP contribution in [0.4, 0.5) is 0 Å². The number of allylic oxidation sites excluding steroid dienone is 20. The van der Waals surface area contributed by atoms with Gasteiger partial charge in [-0.3, -0.25) is 14.4 Å². The van der Waals surface area contributed by atoms with Gasteiger partial charge < -0.3 is 39.0 Å². The van der Waals surface area contributed by atoms with Gasteiger partial charge >= 0.3 is 23.9 Å². The molecular weight excluding hydrogens is 949 g/mol. The molecule has 0 bridgehead atoms. The van der Waals surface area contributed by atoms with E-state index in [4.69, 9.17) is 23.7 Å². The molecule has 1 fully saturated rings. The third-order valence-electron chi connectivity index (χ3n) is 12.0. The fourth-order valence-corrected chi connectivity index (χ4v) is 7.74. The predicted molar refractivity (Wildman–Crippen MR) is 303 cm³/mol. The zero-order chi connectivity index (χ0) is 54.7. The maximum absolute atomic E-state index is 13.1. The molecule has 12 heteroatoms. The number of carbonyl (C=O) groups is 4. The SMILES string of the molecule is CC/C=C\C/C=C\C/C=C\C/C=C\C/C=C\C/C=C\CCC(=O)OCC(COC1OC(C(=O)O)C(O)C(O)C1OC(=O)CCCCCCCCCCCCC)OC(=O)CCCC/C=C\C/C=C\C/C=C\C/C=C\CC. The van der Waals surface area contributed by atoms with E-state index in [0.717, 1.165) is 103 Å². The lowest BCUT2D eigenvalue weighted by Crippen LogP contribution is -2.61. The maximum atomic E-state index is 13.1. The van der Waals surface area contributed by atoms with Crippen molar-refractivity contribution < 1.29 is 58.2 Å². The first-order chi connectivity index (χ1) is 36.6. The van der Waals surface area contributed by atoms with E-state index in [0.29, 0.717) is 19.3 Å². The highest BCUT2D eigenvalue weighted by Gasteiger charge is 2.50. The van der Waals surface area contributed by atoms with E-state index < -0.39 is 67.3 Å². The fraction of sp³-hybridized carbons (Fsp3) is 0.619. The molecule has 1 heterocycles. The summed E-state index contributed by atoms with van der Waals surface area (Å²) < 4.78 is 28.2. The summed E-state index contributed by atoms with van der Waals surface area (Å²) in [4.78, 5) is 51.0. The second-order valence-electron chi connectivity index (χ2n) is 18.8. The Morgan fingerprint density at radius 3 is 1.33 bits per heavy atom. The Morgan fingerprint density at radius 1 is 0.453 bits per heavy atom. The molecule has 1 aliphatic rings. The number of hydrogen-bond acceptors (Lipinski definition) is 11. The molecule has 0 spiro atoms. The molecule has 0 amide bonds.